The Hall–Kier alpha value is -2.32. The fourth-order valence-corrected chi connectivity index (χ4v) is 2.84. The zero-order valence-electron chi connectivity index (χ0n) is 13.5. The second-order valence-corrected chi connectivity index (χ2v) is 6.10. The molecule has 0 saturated carbocycles. The summed E-state index contributed by atoms with van der Waals surface area (Å²) < 4.78 is 39.4. The number of rotatable bonds is 3. The van der Waals surface area contributed by atoms with Crippen LogP contribution in [0.1, 0.15) is 30.1 Å². The maximum Gasteiger partial charge on any atom is 0.433 e. The molecule has 24 heavy (non-hydrogen) atoms. The van der Waals surface area contributed by atoms with Crippen LogP contribution < -0.4 is 9.80 Å². The number of aromatic nitrogens is 4. The third-order valence-corrected chi connectivity index (χ3v) is 4.12. The summed E-state index contributed by atoms with van der Waals surface area (Å²) in [6.07, 6.45) is -1.00. The number of H-pyrrole nitrogens is 1. The van der Waals surface area contributed by atoms with Gasteiger partial charge in [0.05, 0.1) is 0 Å². The number of aromatic amines is 1. The van der Waals surface area contributed by atoms with E-state index < -0.39 is 11.9 Å². The molecule has 1 aliphatic heterocycles. The zero-order chi connectivity index (χ0) is 17.3. The van der Waals surface area contributed by atoms with Crippen molar-refractivity contribution in [2.45, 2.75) is 24.9 Å². The van der Waals surface area contributed by atoms with E-state index in [1.165, 1.54) is 0 Å². The molecule has 0 aromatic carbocycles. The minimum atomic E-state index is -4.50. The van der Waals surface area contributed by atoms with Crippen molar-refractivity contribution in [3.05, 3.63) is 29.7 Å². The highest BCUT2D eigenvalue weighted by molar-refractivity contribution is 5.46. The lowest BCUT2D eigenvalue weighted by molar-refractivity contribution is -0.141. The molecular weight excluding hydrogens is 321 g/mol. The quantitative estimate of drug-likeness (QED) is 0.931. The van der Waals surface area contributed by atoms with Crippen LogP contribution in [0.4, 0.5) is 24.9 Å². The van der Waals surface area contributed by atoms with Gasteiger partial charge < -0.3 is 9.80 Å². The van der Waals surface area contributed by atoms with E-state index in [1.54, 1.807) is 25.2 Å². The van der Waals surface area contributed by atoms with Crippen molar-refractivity contribution in [2.24, 2.45) is 0 Å². The first-order chi connectivity index (χ1) is 11.3. The van der Waals surface area contributed by atoms with Gasteiger partial charge in [0.25, 0.3) is 0 Å². The van der Waals surface area contributed by atoms with Crippen LogP contribution in [0, 0.1) is 0 Å². The molecule has 2 aromatic rings. The lowest BCUT2D eigenvalue weighted by atomic mass is 9.95. The summed E-state index contributed by atoms with van der Waals surface area (Å²) >= 11 is 0. The Morgan fingerprint density at radius 1 is 1.29 bits per heavy atom. The van der Waals surface area contributed by atoms with E-state index >= 15 is 0 Å². The van der Waals surface area contributed by atoms with Crippen molar-refractivity contribution < 1.29 is 13.2 Å². The van der Waals surface area contributed by atoms with Gasteiger partial charge in [0.1, 0.15) is 5.82 Å². The SMILES string of the molecule is CN(C)c1cc(C(F)(F)F)nc(N2CCCC(c3ccn[nH]3)C2)n1. The monoisotopic (exact) mass is 340 g/mol. The average Bonchev–Trinajstić information content (AvgIpc) is 3.08. The Balaban J connectivity index is 1.91. The molecule has 2 aromatic heterocycles. The highest BCUT2D eigenvalue weighted by Crippen LogP contribution is 2.33. The van der Waals surface area contributed by atoms with Crippen LogP contribution in [0.15, 0.2) is 18.3 Å². The first-order valence-corrected chi connectivity index (χ1v) is 7.72. The standard InChI is InChI=1S/C15H19F3N6/c1-23(2)13-8-12(15(16,17)18)20-14(21-13)24-7-3-4-10(9-24)11-5-6-19-22-11/h5-6,8,10H,3-4,7,9H2,1-2H3,(H,19,22). The molecule has 9 heteroatoms. The smallest absolute Gasteiger partial charge is 0.363 e. The third kappa shape index (κ3) is 3.44. The van der Waals surface area contributed by atoms with Gasteiger partial charge in [-0.15, -0.1) is 0 Å². The lowest BCUT2D eigenvalue weighted by Crippen LogP contribution is -2.36. The molecule has 0 amide bonds. The Bertz CT molecular complexity index is 683. The van der Waals surface area contributed by atoms with Gasteiger partial charge in [0, 0.05) is 51.1 Å². The summed E-state index contributed by atoms with van der Waals surface area (Å²) in [7, 11) is 3.33. The number of halogens is 3. The summed E-state index contributed by atoms with van der Waals surface area (Å²) in [6.45, 7) is 1.20. The second kappa shape index (κ2) is 6.29. The number of hydrogen-bond donors (Lipinski definition) is 1. The predicted octanol–water partition coefficient (Wildman–Crippen LogP) is 2.67. The molecule has 6 nitrogen and oxygen atoms in total. The van der Waals surface area contributed by atoms with Crippen molar-refractivity contribution >= 4 is 11.8 Å². The van der Waals surface area contributed by atoms with Crippen LogP contribution in [0.5, 0.6) is 0 Å². The molecule has 0 aliphatic carbocycles. The van der Waals surface area contributed by atoms with E-state index in [1.807, 2.05) is 11.0 Å². The number of nitrogens with zero attached hydrogens (tertiary/aromatic N) is 5. The van der Waals surface area contributed by atoms with Crippen molar-refractivity contribution in [3.63, 3.8) is 0 Å². The molecule has 1 N–H and O–H groups in total. The maximum atomic E-state index is 13.1. The molecule has 1 fully saturated rings. The number of hydrogen-bond acceptors (Lipinski definition) is 5. The van der Waals surface area contributed by atoms with E-state index in [9.17, 15) is 13.2 Å². The highest BCUT2D eigenvalue weighted by Gasteiger charge is 2.35. The van der Waals surface area contributed by atoms with Crippen LogP contribution in [0.3, 0.4) is 0 Å². The maximum absolute atomic E-state index is 13.1. The van der Waals surface area contributed by atoms with Crippen molar-refractivity contribution in [2.75, 3.05) is 37.0 Å². The van der Waals surface area contributed by atoms with Gasteiger partial charge in [-0.3, -0.25) is 5.10 Å². The Morgan fingerprint density at radius 2 is 2.08 bits per heavy atom. The van der Waals surface area contributed by atoms with Gasteiger partial charge >= 0.3 is 6.18 Å². The molecule has 1 atom stereocenters. The summed E-state index contributed by atoms with van der Waals surface area (Å²) in [4.78, 5) is 11.4. The first kappa shape index (κ1) is 16.5. The second-order valence-electron chi connectivity index (χ2n) is 6.10. The molecule has 3 rings (SSSR count). The van der Waals surface area contributed by atoms with Crippen LogP contribution in [0.25, 0.3) is 0 Å². The van der Waals surface area contributed by atoms with E-state index in [0.717, 1.165) is 24.6 Å². The molecule has 0 bridgehead atoms. The van der Waals surface area contributed by atoms with Crippen molar-refractivity contribution in [1.82, 2.24) is 20.2 Å². The minimum absolute atomic E-state index is 0.123. The number of alkyl halides is 3. The molecule has 3 heterocycles. The van der Waals surface area contributed by atoms with Crippen molar-refractivity contribution in [1.29, 1.82) is 0 Å². The average molecular weight is 340 g/mol. The molecule has 1 aliphatic rings. The topological polar surface area (TPSA) is 60.9 Å². The lowest BCUT2D eigenvalue weighted by Gasteiger charge is -2.33. The van der Waals surface area contributed by atoms with E-state index in [4.69, 9.17) is 0 Å². The fraction of sp³-hybridized carbons (Fsp3) is 0.533. The number of nitrogens with one attached hydrogen (secondary N) is 1. The molecule has 0 spiro atoms. The normalized spacial score (nSPS) is 18.7. The van der Waals surface area contributed by atoms with Crippen molar-refractivity contribution in [3.8, 4) is 0 Å². The van der Waals surface area contributed by atoms with Crippen LogP contribution in [-0.4, -0.2) is 47.4 Å². The van der Waals surface area contributed by atoms with Gasteiger partial charge in [-0.1, -0.05) is 0 Å². The van der Waals surface area contributed by atoms with E-state index in [-0.39, 0.29) is 17.7 Å². The Kier molecular flexibility index (Phi) is 4.33. The molecule has 130 valence electrons. The Morgan fingerprint density at radius 3 is 2.71 bits per heavy atom. The highest BCUT2D eigenvalue weighted by atomic mass is 19.4. The molecule has 1 saturated heterocycles. The number of anilines is 2. The fourth-order valence-electron chi connectivity index (χ4n) is 2.84. The van der Waals surface area contributed by atoms with Crippen LogP contribution in [0.2, 0.25) is 0 Å². The first-order valence-electron chi connectivity index (χ1n) is 7.72. The van der Waals surface area contributed by atoms with Crippen LogP contribution >= 0.6 is 0 Å². The minimum Gasteiger partial charge on any atom is -0.363 e. The van der Waals surface area contributed by atoms with E-state index in [0.29, 0.717) is 13.1 Å². The van der Waals surface area contributed by atoms with Gasteiger partial charge in [-0.2, -0.15) is 23.3 Å². The summed E-state index contributed by atoms with van der Waals surface area (Å²) in [5.74, 6) is 0.552. The largest absolute Gasteiger partial charge is 0.433 e. The van der Waals surface area contributed by atoms with Crippen LogP contribution in [-0.2, 0) is 6.18 Å². The third-order valence-electron chi connectivity index (χ3n) is 4.12. The van der Waals surface area contributed by atoms with Gasteiger partial charge in [0.15, 0.2) is 5.69 Å². The number of piperidine rings is 1. The summed E-state index contributed by atoms with van der Waals surface area (Å²) in [5, 5.41) is 6.89. The predicted molar refractivity (Wildman–Crippen MR) is 84.1 cm³/mol. The molecule has 1 unspecified atom stereocenters. The van der Waals surface area contributed by atoms with Gasteiger partial charge in [0.2, 0.25) is 5.95 Å². The molecular formula is C15H19F3N6. The summed E-state index contributed by atoms with van der Waals surface area (Å²) in [5.41, 5.74) is 0.0689. The van der Waals surface area contributed by atoms with E-state index in [2.05, 4.69) is 20.2 Å². The Labute approximate surface area is 137 Å². The molecule has 0 radical (unpaired) electrons. The van der Waals surface area contributed by atoms with Gasteiger partial charge in [-0.25, -0.2) is 4.98 Å². The summed E-state index contributed by atoms with van der Waals surface area (Å²) in [6, 6.07) is 2.87. The van der Waals surface area contributed by atoms with Gasteiger partial charge in [-0.05, 0) is 18.9 Å². The zero-order valence-corrected chi connectivity index (χ0v) is 13.5.